The van der Waals surface area contributed by atoms with Gasteiger partial charge in [0.05, 0.1) is 18.3 Å². The molecule has 0 radical (unpaired) electrons. The van der Waals surface area contributed by atoms with Crippen LogP contribution >= 0.6 is 0 Å². The first kappa shape index (κ1) is 10.4. The molecule has 0 saturated carbocycles. The Balaban J connectivity index is 3.62. The second-order valence-electron chi connectivity index (χ2n) is 3.39. The van der Waals surface area contributed by atoms with Crippen molar-refractivity contribution in [1.82, 2.24) is 5.32 Å². The molecule has 0 rings (SSSR count). The SMILES string of the molecule is CNC(C#N)COC(C)(C)C. The van der Waals surface area contributed by atoms with E-state index in [1.165, 1.54) is 0 Å². The van der Waals surface area contributed by atoms with Crippen LogP contribution in [0.4, 0.5) is 0 Å². The summed E-state index contributed by atoms with van der Waals surface area (Å²) in [6, 6.07) is 1.89. The Labute approximate surface area is 68.3 Å². The maximum Gasteiger partial charge on any atom is 0.119 e. The molecule has 1 N–H and O–H groups in total. The second-order valence-corrected chi connectivity index (χ2v) is 3.39. The summed E-state index contributed by atoms with van der Waals surface area (Å²) in [6.07, 6.45) is 0. The van der Waals surface area contributed by atoms with E-state index in [0.717, 1.165) is 0 Å². The van der Waals surface area contributed by atoms with Crippen molar-refractivity contribution in [2.75, 3.05) is 13.7 Å². The molecular formula is C8H16N2O. The molecule has 1 unspecified atom stereocenters. The molecule has 0 fully saturated rings. The first-order valence-electron chi connectivity index (χ1n) is 3.70. The van der Waals surface area contributed by atoms with Gasteiger partial charge in [-0.2, -0.15) is 5.26 Å². The van der Waals surface area contributed by atoms with Crippen molar-refractivity contribution in [2.45, 2.75) is 32.4 Å². The Bertz CT molecular complexity index is 143. The minimum atomic E-state index is -0.200. The number of nitrogens with one attached hydrogen (secondary N) is 1. The highest BCUT2D eigenvalue weighted by Crippen LogP contribution is 2.06. The van der Waals surface area contributed by atoms with Gasteiger partial charge in [0.25, 0.3) is 0 Å². The monoisotopic (exact) mass is 156 g/mol. The second kappa shape index (κ2) is 4.32. The molecule has 64 valence electrons. The molecular weight excluding hydrogens is 140 g/mol. The van der Waals surface area contributed by atoms with Crippen LogP contribution in [-0.4, -0.2) is 25.3 Å². The molecule has 1 atom stereocenters. The minimum Gasteiger partial charge on any atom is -0.373 e. The van der Waals surface area contributed by atoms with Crippen LogP contribution in [0.3, 0.4) is 0 Å². The van der Waals surface area contributed by atoms with Crippen LogP contribution in [0.15, 0.2) is 0 Å². The first-order chi connectivity index (χ1) is 4.99. The third-order valence-electron chi connectivity index (χ3n) is 1.19. The van der Waals surface area contributed by atoms with E-state index < -0.39 is 0 Å². The van der Waals surface area contributed by atoms with Crippen LogP contribution in [0, 0.1) is 11.3 Å². The number of rotatable bonds is 3. The van der Waals surface area contributed by atoms with E-state index in [0.29, 0.717) is 6.61 Å². The summed E-state index contributed by atoms with van der Waals surface area (Å²) in [7, 11) is 1.75. The molecule has 0 aliphatic carbocycles. The zero-order valence-electron chi connectivity index (χ0n) is 7.64. The van der Waals surface area contributed by atoms with Gasteiger partial charge in [-0.1, -0.05) is 0 Å². The van der Waals surface area contributed by atoms with Crippen molar-refractivity contribution in [2.24, 2.45) is 0 Å². The van der Waals surface area contributed by atoms with Gasteiger partial charge in [-0.3, -0.25) is 0 Å². The lowest BCUT2D eigenvalue weighted by Gasteiger charge is -2.21. The molecule has 11 heavy (non-hydrogen) atoms. The van der Waals surface area contributed by atoms with Gasteiger partial charge in [-0.05, 0) is 27.8 Å². The molecule has 3 heteroatoms. The van der Waals surface area contributed by atoms with Crippen molar-refractivity contribution in [3.63, 3.8) is 0 Å². The van der Waals surface area contributed by atoms with Crippen molar-refractivity contribution in [3.8, 4) is 6.07 Å². The van der Waals surface area contributed by atoms with Gasteiger partial charge >= 0.3 is 0 Å². The quantitative estimate of drug-likeness (QED) is 0.660. The summed E-state index contributed by atoms with van der Waals surface area (Å²) in [5.74, 6) is 0. The highest BCUT2D eigenvalue weighted by Gasteiger charge is 2.13. The van der Waals surface area contributed by atoms with E-state index in [4.69, 9.17) is 10.00 Å². The summed E-state index contributed by atoms with van der Waals surface area (Å²) >= 11 is 0. The molecule has 0 saturated heterocycles. The Morgan fingerprint density at radius 3 is 2.36 bits per heavy atom. The van der Waals surface area contributed by atoms with Gasteiger partial charge in [0.2, 0.25) is 0 Å². The van der Waals surface area contributed by atoms with Crippen LogP contribution in [-0.2, 0) is 4.74 Å². The molecule has 0 aliphatic rings. The summed E-state index contributed by atoms with van der Waals surface area (Å²) in [4.78, 5) is 0. The lowest BCUT2D eigenvalue weighted by molar-refractivity contribution is -0.00735. The van der Waals surface area contributed by atoms with Crippen LogP contribution in [0.1, 0.15) is 20.8 Å². The van der Waals surface area contributed by atoms with E-state index in [1.54, 1.807) is 7.05 Å². The topological polar surface area (TPSA) is 45.0 Å². The third-order valence-corrected chi connectivity index (χ3v) is 1.19. The zero-order chi connectivity index (χ0) is 8.91. The summed E-state index contributed by atoms with van der Waals surface area (Å²) < 4.78 is 5.39. The fourth-order valence-corrected chi connectivity index (χ4v) is 0.518. The maximum absolute atomic E-state index is 8.53. The summed E-state index contributed by atoms with van der Waals surface area (Å²) in [6.45, 7) is 6.35. The van der Waals surface area contributed by atoms with Crippen molar-refractivity contribution in [1.29, 1.82) is 5.26 Å². The fourth-order valence-electron chi connectivity index (χ4n) is 0.518. The van der Waals surface area contributed by atoms with Crippen LogP contribution in [0.2, 0.25) is 0 Å². The molecule has 0 aliphatic heterocycles. The van der Waals surface area contributed by atoms with Crippen molar-refractivity contribution in [3.05, 3.63) is 0 Å². The van der Waals surface area contributed by atoms with E-state index >= 15 is 0 Å². The van der Waals surface area contributed by atoms with Gasteiger partial charge in [0, 0.05) is 0 Å². The van der Waals surface area contributed by atoms with Crippen LogP contribution < -0.4 is 5.32 Å². The van der Waals surface area contributed by atoms with Crippen molar-refractivity contribution < 1.29 is 4.74 Å². The molecule has 0 bridgehead atoms. The lowest BCUT2D eigenvalue weighted by Crippen LogP contribution is -2.33. The standard InChI is InChI=1S/C8H16N2O/c1-8(2,3)11-6-7(5-9)10-4/h7,10H,6H2,1-4H3. The molecule has 0 aromatic rings. The molecule has 0 amide bonds. The molecule has 0 spiro atoms. The lowest BCUT2D eigenvalue weighted by atomic mass is 10.2. The third kappa shape index (κ3) is 5.84. The molecule has 0 aromatic heterocycles. The van der Waals surface area contributed by atoms with Gasteiger partial charge < -0.3 is 10.1 Å². The molecule has 0 heterocycles. The number of hydrogen-bond donors (Lipinski definition) is 1. The Hall–Kier alpha value is -0.590. The van der Waals surface area contributed by atoms with Gasteiger partial charge in [0.15, 0.2) is 0 Å². The van der Waals surface area contributed by atoms with E-state index in [2.05, 4.69) is 11.4 Å². The number of likely N-dealkylation sites (N-methyl/N-ethyl adjacent to an activating group) is 1. The number of hydrogen-bond acceptors (Lipinski definition) is 3. The highest BCUT2D eigenvalue weighted by atomic mass is 16.5. The Morgan fingerprint density at radius 1 is 1.55 bits per heavy atom. The first-order valence-corrected chi connectivity index (χ1v) is 3.70. The highest BCUT2D eigenvalue weighted by molar-refractivity contribution is 4.88. The fraction of sp³-hybridized carbons (Fsp3) is 0.875. The number of ether oxygens (including phenoxy) is 1. The number of nitrogens with zero attached hydrogens (tertiary/aromatic N) is 1. The predicted molar refractivity (Wildman–Crippen MR) is 44.2 cm³/mol. The maximum atomic E-state index is 8.53. The average Bonchev–Trinajstić information content (AvgIpc) is 1.88. The van der Waals surface area contributed by atoms with Crippen LogP contribution in [0.5, 0.6) is 0 Å². The smallest absolute Gasteiger partial charge is 0.119 e. The predicted octanol–water partition coefficient (Wildman–Crippen LogP) is 0.913. The Morgan fingerprint density at radius 2 is 2.09 bits per heavy atom. The van der Waals surface area contributed by atoms with Crippen LogP contribution in [0.25, 0.3) is 0 Å². The van der Waals surface area contributed by atoms with Crippen molar-refractivity contribution >= 4 is 0 Å². The average molecular weight is 156 g/mol. The van der Waals surface area contributed by atoms with E-state index in [9.17, 15) is 0 Å². The largest absolute Gasteiger partial charge is 0.373 e. The molecule has 0 aromatic carbocycles. The minimum absolute atomic E-state index is 0.161. The van der Waals surface area contributed by atoms with E-state index in [1.807, 2.05) is 20.8 Å². The van der Waals surface area contributed by atoms with E-state index in [-0.39, 0.29) is 11.6 Å². The van der Waals surface area contributed by atoms with Gasteiger partial charge in [-0.25, -0.2) is 0 Å². The van der Waals surface area contributed by atoms with Gasteiger partial charge in [0.1, 0.15) is 6.04 Å². The summed E-state index contributed by atoms with van der Waals surface area (Å²) in [5, 5.41) is 11.4. The molecule has 3 nitrogen and oxygen atoms in total. The number of nitriles is 1. The zero-order valence-corrected chi connectivity index (χ0v) is 7.64. The Kier molecular flexibility index (Phi) is 4.09. The van der Waals surface area contributed by atoms with Gasteiger partial charge in [-0.15, -0.1) is 0 Å². The summed E-state index contributed by atoms with van der Waals surface area (Å²) in [5.41, 5.74) is -0.161. The normalized spacial score (nSPS) is 14.1.